The van der Waals surface area contributed by atoms with Gasteiger partial charge in [0.25, 0.3) is 0 Å². The number of aromatic nitrogens is 1. The van der Waals surface area contributed by atoms with E-state index in [1.54, 1.807) is 11.3 Å². The fourth-order valence-corrected chi connectivity index (χ4v) is 3.04. The van der Waals surface area contributed by atoms with Crippen molar-refractivity contribution in [1.29, 1.82) is 0 Å². The van der Waals surface area contributed by atoms with E-state index in [1.165, 1.54) is 11.3 Å². The highest BCUT2D eigenvalue weighted by Crippen LogP contribution is 2.30. The van der Waals surface area contributed by atoms with Crippen LogP contribution >= 0.6 is 22.7 Å². The third-order valence-corrected chi connectivity index (χ3v) is 4.17. The second-order valence-electron chi connectivity index (χ2n) is 3.55. The summed E-state index contributed by atoms with van der Waals surface area (Å²) in [4.78, 5) is 16.2. The Labute approximate surface area is 101 Å². The van der Waals surface area contributed by atoms with Gasteiger partial charge in [0.05, 0.1) is 22.0 Å². The zero-order valence-corrected chi connectivity index (χ0v) is 10.3. The largest absolute Gasteiger partial charge is 0.481 e. The van der Waals surface area contributed by atoms with Gasteiger partial charge in [0.1, 0.15) is 0 Å². The van der Waals surface area contributed by atoms with Crippen molar-refractivity contribution in [3.8, 4) is 10.6 Å². The van der Waals surface area contributed by atoms with Gasteiger partial charge in [-0.25, -0.2) is 4.98 Å². The lowest BCUT2D eigenvalue weighted by atomic mass is 10.1. The van der Waals surface area contributed by atoms with Crippen molar-refractivity contribution in [2.45, 2.75) is 19.3 Å². The Balaban J connectivity index is 2.16. The van der Waals surface area contributed by atoms with E-state index in [4.69, 9.17) is 5.11 Å². The van der Waals surface area contributed by atoms with Crippen LogP contribution in [0.25, 0.3) is 10.6 Å². The summed E-state index contributed by atoms with van der Waals surface area (Å²) in [5.41, 5.74) is 0.951. The van der Waals surface area contributed by atoms with Gasteiger partial charge in [-0.2, -0.15) is 0 Å². The molecule has 16 heavy (non-hydrogen) atoms. The minimum Gasteiger partial charge on any atom is -0.481 e. The first kappa shape index (κ1) is 11.3. The lowest BCUT2D eigenvalue weighted by molar-refractivity contribution is -0.137. The smallest absolute Gasteiger partial charge is 0.304 e. The van der Waals surface area contributed by atoms with Crippen molar-refractivity contribution in [2.24, 2.45) is 0 Å². The van der Waals surface area contributed by atoms with Gasteiger partial charge < -0.3 is 5.11 Å². The van der Waals surface area contributed by atoms with Crippen molar-refractivity contribution in [2.75, 3.05) is 0 Å². The third-order valence-electron chi connectivity index (χ3n) is 2.20. The molecule has 0 bridgehead atoms. The van der Waals surface area contributed by atoms with Gasteiger partial charge in [-0.3, -0.25) is 4.79 Å². The molecule has 2 heterocycles. The van der Waals surface area contributed by atoms with Crippen LogP contribution < -0.4 is 0 Å². The van der Waals surface area contributed by atoms with E-state index < -0.39 is 5.97 Å². The van der Waals surface area contributed by atoms with Crippen LogP contribution in [0.5, 0.6) is 0 Å². The molecule has 2 aromatic heterocycles. The fraction of sp³-hybridized carbons (Fsp3) is 0.273. The number of carbonyl (C=O) groups is 1. The van der Waals surface area contributed by atoms with E-state index >= 15 is 0 Å². The molecule has 0 aliphatic carbocycles. The van der Waals surface area contributed by atoms with Crippen LogP contribution in [-0.4, -0.2) is 16.1 Å². The van der Waals surface area contributed by atoms with Crippen LogP contribution in [0.15, 0.2) is 22.9 Å². The zero-order chi connectivity index (χ0) is 11.5. The number of hydrogen-bond donors (Lipinski definition) is 1. The SMILES string of the molecule is CC(CC(=O)O)c1nc(-c2cccs2)cs1. The maximum atomic E-state index is 10.6. The molecule has 0 aliphatic rings. The molecule has 0 fully saturated rings. The monoisotopic (exact) mass is 253 g/mol. The van der Waals surface area contributed by atoms with E-state index in [0.29, 0.717) is 0 Å². The molecular formula is C11H11NO2S2. The predicted octanol–water partition coefficient (Wildman–Crippen LogP) is 3.45. The van der Waals surface area contributed by atoms with Gasteiger partial charge in [-0.05, 0) is 11.4 Å². The van der Waals surface area contributed by atoms with Gasteiger partial charge in [0, 0.05) is 11.3 Å². The Kier molecular flexibility index (Phi) is 3.36. The van der Waals surface area contributed by atoms with Gasteiger partial charge >= 0.3 is 5.97 Å². The first-order valence-electron chi connectivity index (χ1n) is 4.88. The molecule has 5 heteroatoms. The van der Waals surface area contributed by atoms with Gasteiger partial charge in [0.15, 0.2) is 0 Å². The first-order chi connectivity index (χ1) is 7.66. The van der Waals surface area contributed by atoms with Gasteiger partial charge in [-0.1, -0.05) is 13.0 Å². The number of carboxylic acids is 1. The van der Waals surface area contributed by atoms with E-state index in [2.05, 4.69) is 4.98 Å². The molecule has 1 N–H and O–H groups in total. The first-order valence-corrected chi connectivity index (χ1v) is 6.64. The summed E-state index contributed by atoms with van der Waals surface area (Å²) in [6.07, 6.45) is 0.136. The van der Waals surface area contributed by atoms with E-state index in [-0.39, 0.29) is 12.3 Å². The van der Waals surface area contributed by atoms with Crippen molar-refractivity contribution in [3.63, 3.8) is 0 Å². The van der Waals surface area contributed by atoms with Crippen molar-refractivity contribution in [3.05, 3.63) is 27.9 Å². The molecule has 0 aromatic carbocycles. The highest BCUT2D eigenvalue weighted by atomic mass is 32.1. The molecule has 0 radical (unpaired) electrons. The summed E-state index contributed by atoms with van der Waals surface area (Å²) in [7, 11) is 0. The average molecular weight is 253 g/mol. The van der Waals surface area contributed by atoms with Crippen LogP contribution in [0.1, 0.15) is 24.3 Å². The molecule has 3 nitrogen and oxygen atoms in total. The number of nitrogens with zero attached hydrogens (tertiary/aromatic N) is 1. The van der Waals surface area contributed by atoms with Crippen LogP contribution in [0.4, 0.5) is 0 Å². The standard InChI is InChI=1S/C11H11NO2S2/c1-7(5-10(13)14)11-12-8(6-16-11)9-3-2-4-15-9/h2-4,6-7H,5H2,1H3,(H,13,14). The Hall–Kier alpha value is -1.20. The average Bonchev–Trinajstić information content (AvgIpc) is 2.87. The predicted molar refractivity (Wildman–Crippen MR) is 66.1 cm³/mol. The summed E-state index contributed by atoms with van der Waals surface area (Å²) < 4.78 is 0. The summed E-state index contributed by atoms with van der Waals surface area (Å²) >= 11 is 3.17. The molecule has 1 unspecified atom stereocenters. The summed E-state index contributed by atoms with van der Waals surface area (Å²) in [6, 6.07) is 4.01. The maximum Gasteiger partial charge on any atom is 0.304 e. The Morgan fingerprint density at radius 2 is 2.38 bits per heavy atom. The van der Waals surface area contributed by atoms with Crippen LogP contribution in [0, 0.1) is 0 Å². The van der Waals surface area contributed by atoms with Crippen molar-refractivity contribution < 1.29 is 9.90 Å². The van der Waals surface area contributed by atoms with Crippen molar-refractivity contribution >= 4 is 28.6 Å². The molecule has 2 rings (SSSR count). The lowest BCUT2D eigenvalue weighted by Gasteiger charge is -2.02. The summed E-state index contributed by atoms with van der Waals surface area (Å²) in [5.74, 6) is -0.795. The molecule has 1 atom stereocenters. The molecule has 0 saturated carbocycles. The molecular weight excluding hydrogens is 242 g/mol. The number of hydrogen-bond acceptors (Lipinski definition) is 4. The van der Waals surface area contributed by atoms with Gasteiger partial charge in [-0.15, -0.1) is 22.7 Å². The number of aliphatic carboxylic acids is 1. The minimum atomic E-state index is -0.777. The van der Waals surface area contributed by atoms with E-state index in [9.17, 15) is 4.79 Å². The molecule has 0 spiro atoms. The molecule has 0 aliphatic heterocycles. The number of carboxylic acid groups (broad SMARTS) is 1. The van der Waals surface area contributed by atoms with Crippen molar-refractivity contribution in [1.82, 2.24) is 4.98 Å². The Morgan fingerprint density at radius 3 is 3.00 bits per heavy atom. The van der Waals surface area contributed by atoms with Crippen LogP contribution in [0.2, 0.25) is 0 Å². The summed E-state index contributed by atoms with van der Waals surface area (Å²) in [6.45, 7) is 1.89. The number of rotatable bonds is 4. The summed E-state index contributed by atoms with van der Waals surface area (Å²) in [5, 5.41) is 13.6. The maximum absolute atomic E-state index is 10.6. The topological polar surface area (TPSA) is 50.2 Å². The number of thiazole rings is 1. The quantitative estimate of drug-likeness (QED) is 0.908. The van der Waals surface area contributed by atoms with E-state index in [1.807, 2.05) is 29.8 Å². The lowest BCUT2D eigenvalue weighted by Crippen LogP contribution is -2.02. The Morgan fingerprint density at radius 1 is 1.56 bits per heavy atom. The fourth-order valence-electron chi connectivity index (χ4n) is 1.40. The Bertz CT molecular complexity index is 476. The highest BCUT2D eigenvalue weighted by Gasteiger charge is 2.14. The molecule has 2 aromatic rings. The zero-order valence-electron chi connectivity index (χ0n) is 8.71. The normalized spacial score (nSPS) is 12.6. The highest BCUT2D eigenvalue weighted by molar-refractivity contribution is 7.14. The van der Waals surface area contributed by atoms with Crippen LogP contribution in [0.3, 0.4) is 0 Å². The van der Waals surface area contributed by atoms with Gasteiger partial charge in [0.2, 0.25) is 0 Å². The number of thiophene rings is 1. The third kappa shape index (κ3) is 2.48. The second-order valence-corrected chi connectivity index (χ2v) is 5.38. The molecule has 84 valence electrons. The molecule has 0 saturated heterocycles. The van der Waals surface area contributed by atoms with E-state index in [0.717, 1.165) is 15.6 Å². The second kappa shape index (κ2) is 4.76. The minimum absolute atomic E-state index is 0.0174. The van der Waals surface area contributed by atoms with Crippen LogP contribution in [-0.2, 0) is 4.79 Å². The molecule has 0 amide bonds.